The van der Waals surface area contributed by atoms with Gasteiger partial charge in [-0.2, -0.15) is 11.8 Å². The Hall–Kier alpha value is -2.73. The molecule has 49 heavy (non-hydrogen) atoms. The van der Waals surface area contributed by atoms with Gasteiger partial charge in [0.1, 0.15) is 11.4 Å². The van der Waals surface area contributed by atoms with Crippen LogP contribution >= 0.6 is 11.8 Å². The summed E-state index contributed by atoms with van der Waals surface area (Å²) in [5, 5.41) is 21.6. The number of nitrogens with zero attached hydrogens (tertiary/aromatic N) is 3. The van der Waals surface area contributed by atoms with E-state index in [2.05, 4.69) is 20.2 Å². The number of hydrogen-bond donors (Lipinski definition) is 4. The van der Waals surface area contributed by atoms with Crippen LogP contribution in [-0.2, 0) is 36.8 Å². The second-order valence-corrected chi connectivity index (χ2v) is 12.7. The highest BCUT2D eigenvalue weighted by atomic mass is 32.2. The first kappa shape index (κ1) is 40.7. The highest BCUT2D eigenvalue weighted by Gasteiger charge is 2.35. The molecular weight excluding hydrogens is 654 g/mol. The van der Waals surface area contributed by atoms with Crippen molar-refractivity contribution in [1.82, 2.24) is 20.2 Å². The number of carboxylic acid groups (broad SMARTS) is 2. The summed E-state index contributed by atoms with van der Waals surface area (Å²) in [6.07, 6.45) is 2.04. The summed E-state index contributed by atoms with van der Waals surface area (Å²) in [4.78, 5) is 33.1. The normalized spacial score (nSPS) is 17.6. The summed E-state index contributed by atoms with van der Waals surface area (Å²) >= 11 is 1.90. The average Bonchev–Trinajstić information content (AvgIpc) is 3.48. The lowest BCUT2D eigenvalue weighted by Gasteiger charge is -2.25. The van der Waals surface area contributed by atoms with Gasteiger partial charge in [-0.15, -0.1) is 0 Å². The molecule has 14 nitrogen and oxygen atoms in total. The van der Waals surface area contributed by atoms with E-state index in [0.717, 1.165) is 24.3 Å². The van der Waals surface area contributed by atoms with E-state index in [9.17, 15) is 14.7 Å². The summed E-state index contributed by atoms with van der Waals surface area (Å²) in [6, 6.07) is 9.93. The fourth-order valence-electron chi connectivity index (χ4n) is 5.40. The van der Waals surface area contributed by atoms with Crippen LogP contribution in [0.2, 0.25) is 0 Å². The van der Waals surface area contributed by atoms with Crippen LogP contribution in [0.5, 0.6) is 0 Å². The van der Waals surface area contributed by atoms with Gasteiger partial charge in [0.25, 0.3) is 0 Å². The highest BCUT2D eigenvalue weighted by Crippen LogP contribution is 2.33. The van der Waals surface area contributed by atoms with E-state index < -0.39 is 11.9 Å². The zero-order valence-electron chi connectivity index (χ0n) is 28.5. The Labute approximate surface area is 293 Å². The molecule has 2 aromatic rings. The Bertz CT molecular complexity index is 1230. The lowest BCUT2D eigenvalue weighted by Crippen LogP contribution is -2.34. The predicted octanol–water partition coefficient (Wildman–Crippen LogP) is 2.41. The quantitative estimate of drug-likeness (QED) is 0.0944. The summed E-state index contributed by atoms with van der Waals surface area (Å²) in [7, 11) is 0. The molecule has 0 spiro atoms. The number of nitrogens with one attached hydrogen (secondary N) is 1. The van der Waals surface area contributed by atoms with Crippen LogP contribution in [0.3, 0.4) is 0 Å². The van der Waals surface area contributed by atoms with Crippen molar-refractivity contribution in [3.05, 3.63) is 59.2 Å². The Morgan fingerprint density at radius 1 is 0.857 bits per heavy atom. The van der Waals surface area contributed by atoms with E-state index in [4.69, 9.17) is 34.5 Å². The van der Waals surface area contributed by atoms with E-state index in [1.54, 1.807) is 18.2 Å². The minimum atomic E-state index is -1.06. The molecular formula is C34H53N5O9S. The van der Waals surface area contributed by atoms with E-state index in [1.807, 2.05) is 24.8 Å². The smallest absolute Gasteiger partial charge is 0.354 e. The summed E-state index contributed by atoms with van der Waals surface area (Å²) < 4.78 is 29.4. The third-order valence-electron chi connectivity index (χ3n) is 7.74. The van der Waals surface area contributed by atoms with Crippen molar-refractivity contribution in [3.8, 4) is 0 Å². The second-order valence-electron chi connectivity index (χ2n) is 11.5. The molecule has 5 N–H and O–H groups in total. The van der Waals surface area contributed by atoms with Crippen molar-refractivity contribution in [2.45, 2.75) is 45.1 Å². The molecule has 1 aliphatic rings. The van der Waals surface area contributed by atoms with Crippen molar-refractivity contribution >= 4 is 23.7 Å². The van der Waals surface area contributed by atoms with Gasteiger partial charge in [-0.25, -0.2) is 19.6 Å². The van der Waals surface area contributed by atoms with Crippen LogP contribution in [0.15, 0.2) is 36.4 Å². The molecule has 3 atom stereocenters. The van der Waals surface area contributed by atoms with E-state index in [1.165, 1.54) is 12.1 Å². The second kappa shape index (κ2) is 24.4. The zero-order valence-corrected chi connectivity index (χ0v) is 29.3. The summed E-state index contributed by atoms with van der Waals surface area (Å²) in [5.74, 6) is 0.415. The maximum atomic E-state index is 11.5. The number of hydrogen-bond acceptors (Lipinski definition) is 13. The molecule has 15 heteroatoms. The average molecular weight is 708 g/mol. The molecule has 0 aliphatic heterocycles. The van der Waals surface area contributed by atoms with E-state index in [-0.39, 0.29) is 23.6 Å². The van der Waals surface area contributed by atoms with Crippen LogP contribution in [0.4, 0.5) is 0 Å². The van der Waals surface area contributed by atoms with Gasteiger partial charge in [0.05, 0.1) is 69.8 Å². The van der Waals surface area contributed by atoms with E-state index >= 15 is 0 Å². The number of rotatable bonds is 28. The number of aromatic carboxylic acids is 2. The first-order chi connectivity index (χ1) is 23.9. The maximum Gasteiger partial charge on any atom is 0.354 e. The van der Waals surface area contributed by atoms with Gasteiger partial charge in [-0.1, -0.05) is 12.1 Å². The van der Waals surface area contributed by atoms with Crippen molar-refractivity contribution in [2.24, 2.45) is 11.7 Å². The standard InChI is InChI=1S/C34H53N5O9S/c1-2-47-31-21-26(25-49-20-19-44-13-9-35)22-32(31)48-16-12-39(24-28-6-4-8-30(38-28)34(42)43)11-15-46-18-17-45-14-10-36-23-27-5-3-7-29(37-27)33(40)41/h3-8,26,31-32,36H,2,9-25,35H2,1H3,(H,40,41)(H,42,43). The molecule has 3 rings (SSSR count). The van der Waals surface area contributed by atoms with E-state index in [0.29, 0.717) is 109 Å². The fourth-order valence-corrected chi connectivity index (χ4v) is 6.41. The number of carbonyl (C=O) groups is 2. The number of carboxylic acids is 2. The Morgan fingerprint density at radius 3 is 2.18 bits per heavy atom. The highest BCUT2D eigenvalue weighted by molar-refractivity contribution is 7.99. The Kier molecular flexibility index (Phi) is 20.3. The lowest BCUT2D eigenvalue weighted by atomic mass is 10.1. The molecule has 0 bridgehead atoms. The topological polar surface area (TPSA) is 188 Å². The minimum Gasteiger partial charge on any atom is -0.477 e. The van der Waals surface area contributed by atoms with Crippen LogP contribution in [0.1, 0.15) is 52.1 Å². The first-order valence-corrected chi connectivity index (χ1v) is 18.1. The number of pyridine rings is 2. The molecule has 2 aromatic heterocycles. The molecule has 3 unspecified atom stereocenters. The first-order valence-electron chi connectivity index (χ1n) is 16.9. The maximum absolute atomic E-state index is 11.5. The van der Waals surface area contributed by atoms with Gasteiger partial charge < -0.3 is 44.9 Å². The SMILES string of the molecule is CCOC1CC(CSCCOCCN)CC1OCCN(CCOCCOCCNCc1cccc(C(=O)O)n1)Cc1cccc(C(=O)O)n1. The zero-order chi connectivity index (χ0) is 35.1. The number of ether oxygens (including phenoxy) is 5. The molecule has 1 fully saturated rings. The Morgan fingerprint density at radius 2 is 1.49 bits per heavy atom. The third-order valence-corrected chi connectivity index (χ3v) is 8.91. The molecule has 0 aromatic carbocycles. The third kappa shape index (κ3) is 16.7. The molecule has 2 heterocycles. The molecule has 1 saturated carbocycles. The summed E-state index contributed by atoms with van der Waals surface area (Å²) in [5.41, 5.74) is 6.84. The molecule has 274 valence electrons. The van der Waals surface area contributed by atoms with Gasteiger partial charge in [-0.05, 0) is 55.7 Å². The van der Waals surface area contributed by atoms with Gasteiger partial charge in [0.2, 0.25) is 0 Å². The molecule has 0 radical (unpaired) electrons. The predicted molar refractivity (Wildman–Crippen MR) is 186 cm³/mol. The van der Waals surface area contributed by atoms with Crippen molar-refractivity contribution in [2.75, 3.05) is 90.5 Å². The minimum absolute atomic E-state index is 0.0157. The van der Waals surface area contributed by atoms with Gasteiger partial charge in [0, 0.05) is 51.6 Å². The lowest BCUT2D eigenvalue weighted by molar-refractivity contribution is -0.0581. The molecule has 1 aliphatic carbocycles. The molecule has 0 amide bonds. The van der Waals surface area contributed by atoms with Gasteiger partial charge in [0.15, 0.2) is 0 Å². The van der Waals surface area contributed by atoms with Crippen molar-refractivity contribution in [1.29, 1.82) is 0 Å². The van der Waals surface area contributed by atoms with Crippen LogP contribution < -0.4 is 11.1 Å². The van der Waals surface area contributed by atoms with Gasteiger partial charge >= 0.3 is 11.9 Å². The number of aromatic nitrogens is 2. The fraction of sp³-hybridized carbons (Fsp3) is 0.647. The van der Waals surface area contributed by atoms with Gasteiger partial charge in [-0.3, -0.25) is 4.90 Å². The van der Waals surface area contributed by atoms with Crippen LogP contribution in [0.25, 0.3) is 0 Å². The number of nitrogens with two attached hydrogens (primary N) is 1. The molecule has 0 saturated heterocycles. The largest absolute Gasteiger partial charge is 0.477 e. The van der Waals surface area contributed by atoms with Crippen LogP contribution in [0, 0.1) is 5.92 Å². The summed E-state index contributed by atoms with van der Waals surface area (Å²) in [6.45, 7) is 9.55. The van der Waals surface area contributed by atoms with Crippen molar-refractivity contribution < 1.29 is 43.5 Å². The van der Waals surface area contributed by atoms with Crippen molar-refractivity contribution in [3.63, 3.8) is 0 Å². The monoisotopic (exact) mass is 707 g/mol. The Balaban J connectivity index is 1.38. The number of thioether (sulfide) groups is 1. The van der Waals surface area contributed by atoms with Crippen LogP contribution in [-0.4, -0.2) is 140 Å².